The Balaban J connectivity index is 2.70. The molecule has 1 aliphatic rings. The van der Waals surface area contributed by atoms with E-state index in [-0.39, 0.29) is 11.7 Å². The quantitative estimate of drug-likeness (QED) is 0.539. The molecule has 0 aromatic carbocycles. The molecule has 0 saturated heterocycles. The lowest BCUT2D eigenvalue weighted by Gasteiger charge is -2.16. The average Bonchev–Trinajstić information content (AvgIpc) is 1.88. The molecular weight excluding hydrogens is 124 g/mol. The first kappa shape index (κ1) is 7.26. The van der Waals surface area contributed by atoms with Gasteiger partial charge in [-0.15, -0.1) is 0 Å². The lowest BCUT2D eigenvalue weighted by Crippen LogP contribution is -2.13. The molecule has 0 bridgehead atoms. The largest absolute Gasteiger partial charge is 0.299 e. The van der Waals surface area contributed by atoms with Crippen molar-refractivity contribution in [1.82, 2.24) is 0 Å². The van der Waals surface area contributed by atoms with Gasteiger partial charge in [-0.3, -0.25) is 4.79 Å². The van der Waals surface area contributed by atoms with Gasteiger partial charge in [0.2, 0.25) is 0 Å². The molecule has 1 atom stereocenters. The van der Waals surface area contributed by atoms with Gasteiger partial charge in [0.1, 0.15) is 5.78 Å². The fraction of sp³-hybridized carbons (Fsp3) is 0.444. The summed E-state index contributed by atoms with van der Waals surface area (Å²) in [6.45, 7) is 5.44. The predicted molar refractivity (Wildman–Crippen MR) is 41.7 cm³/mol. The van der Waals surface area contributed by atoms with Gasteiger partial charge < -0.3 is 0 Å². The molecule has 0 aromatic heterocycles. The van der Waals surface area contributed by atoms with Crippen LogP contribution in [0.25, 0.3) is 0 Å². The van der Waals surface area contributed by atoms with Crippen LogP contribution in [0, 0.1) is 5.92 Å². The van der Waals surface area contributed by atoms with Gasteiger partial charge in [0, 0.05) is 5.92 Å². The molecule has 0 radical (unpaired) electrons. The van der Waals surface area contributed by atoms with Gasteiger partial charge in [-0.05, 0) is 25.3 Å². The van der Waals surface area contributed by atoms with E-state index in [0.717, 1.165) is 18.4 Å². The Morgan fingerprint density at radius 1 is 1.80 bits per heavy atom. The van der Waals surface area contributed by atoms with Crippen LogP contribution in [0.3, 0.4) is 0 Å². The van der Waals surface area contributed by atoms with E-state index < -0.39 is 0 Å². The van der Waals surface area contributed by atoms with Crippen LogP contribution in [0.2, 0.25) is 0 Å². The van der Waals surface area contributed by atoms with E-state index in [2.05, 4.69) is 12.7 Å². The minimum Gasteiger partial charge on any atom is -0.299 e. The molecule has 0 saturated carbocycles. The molecule has 10 heavy (non-hydrogen) atoms. The number of hydrogen-bond acceptors (Lipinski definition) is 1. The third-order valence-electron chi connectivity index (χ3n) is 1.89. The van der Waals surface area contributed by atoms with Gasteiger partial charge in [0.25, 0.3) is 0 Å². The van der Waals surface area contributed by atoms with Crippen molar-refractivity contribution < 1.29 is 4.79 Å². The smallest absolute Gasteiger partial charge is 0.137 e. The molecule has 0 N–H and O–H groups in total. The Labute approximate surface area is 61.4 Å². The van der Waals surface area contributed by atoms with E-state index in [1.165, 1.54) is 0 Å². The van der Waals surface area contributed by atoms with Crippen molar-refractivity contribution in [2.75, 3.05) is 0 Å². The molecule has 0 heterocycles. The summed E-state index contributed by atoms with van der Waals surface area (Å²) in [5.41, 5.74) is 0.971. The second-order valence-corrected chi connectivity index (χ2v) is 2.72. The summed E-state index contributed by atoms with van der Waals surface area (Å²) < 4.78 is 0. The number of carbonyl (C=O) groups is 1. The first-order chi connectivity index (χ1) is 4.72. The number of rotatable bonds is 1. The summed E-state index contributed by atoms with van der Waals surface area (Å²) in [6, 6.07) is 0. The van der Waals surface area contributed by atoms with E-state index in [1.807, 2.05) is 6.08 Å². The van der Waals surface area contributed by atoms with E-state index in [1.54, 1.807) is 6.92 Å². The predicted octanol–water partition coefficient (Wildman–Crippen LogP) is 2.10. The van der Waals surface area contributed by atoms with Crippen molar-refractivity contribution in [2.24, 2.45) is 5.92 Å². The number of carbonyl (C=O) groups excluding carboxylic acids is 1. The Hall–Kier alpha value is -0.850. The molecule has 1 nitrogen and oxygen atoms in total. The fourth-order valence-corrected chi connectivity index (χ4v) is 1.26. The molecule has 54 valence electrons. The molecule has 1 unspecified atom stereocenters. The third-order valence-corrected chi connectivity index (χ3v) is 1.89. The topological polar surface area (TPSA) is 17.1 Å². The molecular formula is C9H12O. The summed E-state index contributed by atoms with van der Waals surface area (Å²) in [6.07, 6.45) is 5.99. The normalized spacial score (nSPS) is 24.9. The molecule has 0 amide bonds. The maximum absolute atomic E-state index is 10.9. The Bertz CT molecular complexity index is 189. The second-order valence-electron chi connectivity index (χ2n) is 2.72. The first-order valence-corrected chi connectivity index (χ1v) is 3.57. The monoisotopic (exact) mass is 136 g/mol. The van der Waals surface area contributed by atoms with Crippen LogP contribution >= 0.6 is 0 Å². The average molecular weight is 136 g/mol. The summed E-state index contributed by atoms with van der Waals surface area (Å²) >= 11 is 0. The van der Waals surface area contributed by atoms with Crippen molar-refractivity contribution in [2.45, 2.75) is 19.8 Å². The third kappa shape index (κ3) is 1.35. The molecule has 0 aliphatic heterocycles. The van der Waals surface area contributed by atoms with Crippen molar-refractivity contribution in [3.63, 3.8) is 0 Å². The van der Waals surface area contributed by atoms with Crippen LogP contribution in [0.5, 0.6) is 0 Å². The van der Waals surface area contributed by atoms with Crippen LogP contribution in [0.15, 0.2) is 24.3 Å². The zero-order valence-electron chi connectivity index (χ0n) is 6.26. The van der Waals surface area contributed by atoms with Crippen molar-refractivity contribution in [3.05, 3.63) is 24.3 Å². The zero-order valence-corrected chi connectivity index (χ0v) is 6.26. The van der Waals surface area contributed by atoms with Crippen molar-refractivity contribution in [3.8, 4) is 0 Å². The minimum absolute atomic E-state index is 0.102. The molecule has 1 aliphatic carbocycles. The lowest BCUT2D eigenvalue weighted by molar-refractivity contribution is -0.119. The van der Waals surface area contributed by atoms with E-state index >= 15 is 0 Å². The SMILES string of the molecule is C=C1C=CCCC1C(C)=O. The standard InChI is InChI=1S/C9H12O/c1-7-5-3-4-6-9(7)8(2)10/h3,5,9H,1,4,6H2,2H3. The van der Waals surface area contributed by atoms with Gasteiger partial charge in [-0.2, -0.15) is 0 Å². The highest BCUT2D eigenvalue weighted by atomic mass is 16.1. The molecule has 0 fully saturated rings. The Morgan fingerprint density at radius 3 is 2.90 bits per heavy atom. The van der Waals surface area contributed by atoms with E-state index in [9.17, 15) is 4.79 Å². The molecule has 0 spiro atoms. The number of allylic oxidation sites excluding steroid dienone is 3. The molecule has 1 rings (SSSR count). The van der Waals surface area contributed by atoms with E-state index in [0.29, 0.717) is 0 Å². The number of hydrogen-bond donors (Lipinski definition) is 0. The van der Waals surface area contributed by atoms with E-state index in [4.69, 9.17) is 0 Å². The van der Waals surface area contributed by atoms with Crippen LogP contribution < -0.4 is 0 Å². The highest BCUT2D eigenvalue weighted by Gasteiger charge is 2.17. The summed E-state index contributed by atoms with van der Waals surface area (Å²) in [7, 11) is 0. The Morgan fingerprint density at radius 2 is 2.50 bits per heavy atom. The highest BCUT2D eigenvalue weighted by Crippen LogP contribution is 2.22. The number of ketones is 1. The summed E-state index contributed by atoms with van der Waals surface area (Å²) in [5.74, 6) is 0.347. The van der Waals surface area contributed by atoms with Gasteiger partial charge in [0.15, 0.2) is 0 Å². The molecule has 1 heteroatoms. The summed E-state index contributed by atoms with van der Waals surface area (Å²) in [5, 5.41) is 0. The van der Waals surface area contributed by atoms with Gasteiger partial charge in [0.05, 0.1) is 0 Å². The van der Waals surface area contributed by atoms with Gasteiger partial charge in [-0.1, -0.05) is 18.7 Å². The van der Waals surface area contributed by atoms with Crippen LogP contribution in [-0.2, 0) is 4.79 Å². The number of Topliss-reactive ketones (excluding diaryl/α,β-unsaturated/α-hetero) is 1. The van der Waals surface area contributed by atoms with Crippen molar-refractivity contribution >= 4 is 5.78 Å². The van der Waals surface area contributed by atoms with Crippen LogP contribution in [0.4, 0.5) is 0 Å². The van der Waals surface area contributed by atoms with Crippen LogP contribution in [0.1, 0.15) is 19.8 Å². The fourth-order valence-electron chi connectivity index (χ4n) is 1.26. The summed E-state index contributed by atoms with van der Waals surface area (Å²) in [4.78, 5) is 10.9. The van der Waals surface area contributed by atoms with Gasteiger partial charge >= 0.3 is 0 Å². The first-order valence-electron chi connectivity index (χ1n) is 3.57. The highest BCUT2D eigenvalue weighted by molar-refractivity contribution is 5.82. The minimum atomic E-state index is 0.102. The molecule has 0 aromatic rings. The maximum Gasteiger partial charge on any atom is 0.137 e. The zero-order chi connectivity index (χ0) is 7.56. The van der Waals surface area contributed by atoms with Crippen LogP contribution in [-0.4, -0.2) is 5.78 Å². The lowest BCUT2D eigenvalue weighted by atomic mass is 9.87. The Kier molecular flexibility index (Phi) is 2.05. The van der Waals surface area contributed by atoms with Gasteiger partial charge in [-0.25, -0.2) is 0 Å². The maximum atomic E-state index is 10.9. The van der Waals surface area contributed by atoms with Crippen molar-refractivity contribution in [1.29, 1.82) is 0 Å². The second kappa shape index (κ2) is 2.82.